The number of aliphatic carboxylic acids is 1. The molecule has 7 rings (SSSR count). The minimum Gasteiger partial charge on any atom is -0.485 e. The number of hydrogen-bond donors (Lipinski definition) is 1. The van der Waals surface area contributed by atoms with E-state index < -0.39 is 11.9 Å². The van der Waals surface area contributed by atoms with Crippen molar-refractivity contribution < 1.29 is 19.4 Å². The average Bonchev–Trinajstić information content (AvgIpc) is 3.94. The molecule has 7 nitrogen and oxygen atoms in total. The fraction of sp³-hybridized carbons (Fsp3) is 0.457. The van der Waals surface area contributed by atoms with Crippen LogP contribution < -0.4 is 9.47 Å². The monoisotopic (exact) mass is 563 g/mol. The van der Waals surface area contributed by atoms with Crippen molar-refractivity contribution in [2.45, 2.75) is 57.6 Å². The summed E-state index contributed by atoms with van der Waals surface area (Å²) in [4.78, 5) is 18.7. The second-order valence-corrected chi connectivity index (χ2v) is 12.8. The molecule has 42 heavy (non-hydrogen) atoms. The second-order valence-electron chi connectivity index (χ2n) is 12.8. The van der Waals surface area contributed by atoms with Gasteiger partial charge in [0.2, 0.25) is 5.88 Å². The number of pyridine rings is 1. The van der Waals surface area contributed by atoms with Crippen LogP contribution in [-0.2, 0) is 17.8 Å². The van der Waals surface area contributed by atoms with Gasteiger partial charge in [0.15, 0.2) is 0 Å². The number of rotatable bonds is 9. The number of carboxylic acid groups (broad SMARTS) is 1. The molecular formula is C35H37N3O4. The van der Waals surface area contributed by atoms with Crippen LogP contribution in [0.3, 0.4) is 0 Å². The molecule has 2 aliphatic carbocycles. The van der Waals surface area contributed by atoms with Gasteiger partial charge in [-0.05, 0) is 89.7 Å². The molecule has 1 N–H and O–H groups in total. The summed E-state index contributed by atoms with van der Waals surface area (Å²) in [6.45, 7) is 4.92. The van der Waals surface area contributed by atoms with Crippen molar-refractivity contribution in [3.05, 3.63) is 76.5 Å². The molecule has 4 unspecified atom stereocenters. The molecule has 4 aliphatic rings. The molecule has 0 spiro atoms. The summed E-state index contributed by atoms with van der Waals surface area (Å²) in [6.07, 6.45) is 6.83. The van der Waals surface area contributed by atoms with Crippen LogP contribution in [0.2, 0.25) is 0 Å². The number of likely N-dealkylation sites (tertiary alicyclic amines) is 1. The molecule has 2 saturated carbocycles. The summed E-state index contributed by atoms with van der Waals surface area (Å²) in [5.41, 5.74) is 6.98. The van der Waals surface area contributed by atoms with E-state index >= 15 is 0 Å². The molecule has 0 radical (unpaired) electrons. The molecule has 1 aromatic heterocycles. The van der Waals surface area contributed by atoms with E-state index in [2.05, 4.69) is 52.4 Å². The van der Waals surface area contributed by atoms with Crippen LogP contribution in [-0.4, -0.2) is 41.2 Å². The fourth-order valence-corrected chi connectivity index (χ4v) is 7.34. The molecule has 2 aromatic carbocycles. The average molecular weight is 564 g/mol. The van der Waals surface area contributed by atoms with Gasteiger partial charge in [-0.25, -0.2) is 4.98 Å². The van der Waals surface area contributed by atoms with Gasteiger partial charge in [-0.1, -0.05) is 37.3 Å². The lowest BCUT2D eigenvalue weighted by Crippen LogP contribution is -2.23. The lowest BCUT2D eigenvalue weighted by molar-refractivity contribution is -0.142. The Kier molecular flexibility index (Phi) is 6.90. The van der Waals surface area contributed by atoms with Crippen LogP contribution in [0.5, 0.6) is 11.6 Å². The molecule has 0 amide bonds. The Morgan fingerprint density at radius 3 is 2.67 bits per heavy atom. The number of aryl methyl sites for hydroxylation is 1. The van der Waals surface area contributed by atoms with Crippen LogP contribution in [0, 0.1) is 35.0 Å². The number of carboxylic acids is 1. The second kappa shape index (κ2) is 10.7. The number of fused-ring (bicyclic) bond motifs is 2. The molecule has 1 saturated heterocycles. The number of piperidine rings is 1. The van der Waals surface area contributed by atoms with E-state index in [0.29, 0.717) is 17.4 Å². The maximum atomic E-state index is 11.9. The molecule has 7 heteroatoms. The first-order valence-corrected chi connectivity index (χ1v) is 15.2. The van der Waals surface area contributed by atoms with Crippen molar-refractivity contribution in [1.82, 2.24) is 9.88 Å². The predicted molar refractivity (Wildman–Crippen MR) is 158 cm³/mol. The quantitative estimate of drug-likeness (QED) is 0.324. The highest BCUT2D eigenvalue weighted by Crippen LogP contribution is 2.49. The first-order chi connectivity index (χ1) is 20.4. The molecule has 0 bridgehead atoms. The maximum Gasteiger partial charge on any atom is 0.306 e. The number of carbonyl (C=O) groups is 1. The van der Waals surface area contributed by atoms with Gasteiger partial charge >= 0.3 is 5.97 Å². The summed E-state index contributed by atoms with van der Waals surface area (Å²) in [6, 6.07) is 17.1. The van der Waals surface area contributed by atoms with Crippen molar-refractivity contribution in [3.8, 4) is 28.8 Å². The highest BCUT2D eigenvalue weighted by molar-refractivity contribution is 5.74. The van der Waals surface area contributed by atoms with E-state index in [1.54, 1.807) is 13.3 Å². The first-order valence-electron chi connectivity index (χ1n) is 15.2. The van der Waals surface area contributed by atoms with Crippen LogP contribution in [0.15, 0.2) is 48.7 Å². The number of hydrogen-bond acceptors (Lipinski definition) is 6. The predicted octanol–water partition coefficient (Wildman–Crippen LogP) is 6.36. The first kappa shape index (κ1) is 27.0. The van der Waals surface area contributed by atoms with E-state index in [0.717, 1.165) is 85.2 Å². The van der Waals surface area contributed by atoms with Gasteiger partial charge in [0.1, 0.15) is 17.9 Å². The highest BCUT2D eigenvalue weighted by Gasteiger charge is 2.45. The Balaban J connectivity index is 1.21. The van der Waals surface area contributed by atoms with Crippen LogP contribution in [0.1, 0.15) is 72.4 Å². The summed E-state index contributed by atoms with van der Waals surface area (Å²) in [7, 11) is 1.59. The van der Waals surface area contributed by atoms with Crippen molar-refractivity contribution in [1.29, 1.82) is 5.26 Å². The Morgan fingerprint density at radius 1 is 1.14 bits per heavy atom. The minimum absolute atomic E-state index is 0.0148. The molecule has 3 heterocycles. The molecular weight excluding hydrogens is 526 g/mol. The molecule has 3 fully saturated rings. The van der Waals surface area contributed by atoms with E-state index in [9.17, 15) is 15.2 Å². The van der Waals surface area contributed by atoms with Crippen molar-refractivity contribution in [2.24, 2.45) is 23.7 Å². The minimum atomic E-state index is -0.738. The maximum absolute atomic E-state index is 11.9. The number of methoxy groups -OCH3 is 1. The standard InChI is InChI=1S/C35H37N3O4/c1-20(35(39)40)34(22-4-5-22)24-6-3-21-8-10-31(42-32(21)13-24)23-7-9-29(30-14-33(41-2)37-16-28(30)15-36)27(11-23)19-38-17-25-12-26(25)18-38/h3,6-7,9,11,13-14,16,20,22,25-26,31,34H,4-5,8,10,12,17-19H2,1-2H3,(H,39,40)/t20-,25?,26?,31?,34?/m0/s1. The van der Waals surface area contributed by atoms with E-state index in [4.69, 9.17) is 9.47 Å². The number of nitrogens with zero attached hydrogens (tertiary/aromatic N) is 3. The molecule has 2 aliphatic heterocycles. The zero-order valence-corrected chi connectivity index (χ0v) is 24.3. The van der Waals surface area contributed by atoms with Crippen molar-refractivity contribution >= 4 is 5.97 Å². The van der Waals surface area contributed by atoms with Gasteiger partial charge in [0, 0.05) is 37.5 Å². The van der Waals surface area contributed by atoms with Crippen molar-refractivity contribution in [3.63, 3.8) is 0 Å². The normalized spacial score (nSPS) is 24.1. The van der Waals surface area contributed by atoms with Crippen LogP contribution >= 0.6 is 0 Å². The summed E-state index contributed by atoms with van der Waals surface area (Å²) in [5.74, 6) is 2.33. The van der Waals surface area contributed by atoms with Crippen molar-refractivity contribution in [2.75, 3.05) is 20.2 Å². The smallest absolute Gasteiger partial charge is 0.306 e. The van der Waals surface area contributed by atoms with Crippen LogP contribution in [0.25, 0.3) is 11.1 Å². The third kappa shape index (κ3) is 5.13. The SMILES string of the molecule is COc1cc(-c2ccc(C3CCc4ccc(C(C5CC5)[C@H](C)C(=O)O)cc4O3)cc2CN2CC3CC3C2)c(C#N)cn1. The number of nitriles is 1. The number of aromatic nitrogens is 1. The van der Waals surface area contributed by atoms with Gasteiger partial charge in [-0.3, -0.25) is 9.69 Å². The third-order valence-corrected chi connectivity index (χ3v) is 9.93. The van der Waals surface area contributed by atoms with E-state index in [1.165, 1.54) is 17.5 Å². The van der Waals surface area contributed by atoms with Gasteiger partial charge in [0.25, 0.3) is 0 Å². The third-order valence-electron chi connectivity index (χ3n) is 9.93. The molecule has 3 aromatic rings. The Bertz CT molecular complexity index is 1560. The number of ether oxygens (including phenoxy) is 2. The van der Waals surface area contributed by atoms with Crippen LogP contribution in [0.4, 0.5) is 0 Å². The summed E-state index contributed by atoms with van der Waals surface area (Å²) in [5, 5.41) is 19.6. The van der Waals surface area contributed by atoms with Gasteiger partial charge in [-0.2, -0.15) is 5.26 Å². The largest absolute Gasteiger partial charge is 0.485 e. The Hall–Kier alpha value is -3.89. The van der Waals surface area contributed by atoms with E-state index in [1.807, 2.05) is 13.0 Å². The zero-order valence-electron chi connectivity index (χ0n) is 24.3. The summed E-state index contributed by atoms with van der Waals surface area (Å²) < 4.78 is 12.1. The lowest BCUT2D eigenvalue weighted by atomic mass is 9.82. The zero-order chi connectivity index (χ0) is 29.0. The summed E-state index contributed by atoms with van der Waals surface area (Å²) >= 11 is 0. The van der Waals surface area contributed by atoms with Gasteiger partial charge < -0.3 is 14.6 Å². The molecule has 5 atom stereocenters. The van der Waals surface area contributed by atoms with E-state index in [-0.39, 0.29) is 12.0 Å². The van der Waals surface area contributed by atoms with Gasteiger partial charge in [-0.15, -0.1) is 0 Å². The Labute approximate surface area is 247 Å². The topological polar surface area (TPSA) is 95.7 Å². The number of benzene rings is 2. The fourth-order valence-electron chi connectivity index (χ4n) is 7.34. The van der Waals surface area contributed by atoms with Gasteiger partial charge in [0.05, 0.1) is 18.6 Å². The highest BCUT2D eigenvalue weighted by atomic mass is 16.5. The molecule has 216 valence electrons. The Morgan fingerprint density at radius 2 is 1.95 bits per heavy atom. The lowest BCUT2D eigenvalue weighted by Gasteiger charge is -2.29.